The zero-order chi connectivity index (χ0) is 24.1. The number of piperidine rings is 1. The quantitative estimate of drug-likeness (QED) is 0.484. The predicted molar refractivity (Wildman–Crippen MR) is 133 cm³/mol. The lowest BCUT2D eigenvalue weighted by Crippen LogP contribution is -2.32. The van der Waals surface area contributed by atoms with Crippen LogP contribution in [0, 0.1) is 0 Å². The monoisotopic (exact) mass is 483 g/mol. The summed E-state index contributed by atoms with van der Waals surface area (Å²) in [4.78, 5) is 2.37. The molecule has 1 fully saturated rings. The van der Waals surface area contributed by atoms with Crippen molar-refractivity contribution < 1.29 is 13.5 Å². The topological polar surface area (TPSA) is 100 Å². The van der Waals surface area contributed by atoms with Crippen LogP contribution in [0.2, 0.25) is 0 Å². The van der Waals surface area contributed by atoms with Crippen molar-refractivity contribution in [2.24, 2.45) is 0 Å². The predicted octanol–water partition coefficient (Wildman–Crippen LogP) is 3.39. The number of benzene rings is 2. The summed E-state index contributed by atoms with van der Waals surface area (Å²) < 4.78 is 28.8. The van der Waals surface area contributed by atoms with E-state index >= 15 is 0 Å². The molecule has 0 bridgehead atoms. The first-order chi connectivity index (χ1) is 16.4. The smallest absolute Gasteiger partial charge is 0.235 e. The molecule has 9 heteroatoms. The van der Waals surface area contributed by atoms with Crippen LogP contribution in [0.25, 0.3) is 0 Å². The van der Waals surface area contributed by atoms with Gasteiger partial charge in [-0.05, 0) is 69.0 Å². The molecular formula is C25H33N5O3S. The van der Waals surface area contributed by atoms with Crippen molar-refractivity contribution in [1.29, 1.82) is 0 Å². The number of aliphatic hydroxyl groups is 1. The molecule has 3 aromatic rings. The van der Waals surface area contributed by atoms with E-state index in [-0.39, 0.29) is 12.6 Å². The van der Waals surface area contributed by atoms with Crippen LogP contribution in [0.1, 0.15) is 55.5 Å². The molecule has 0 radical (unpaired) electrons. The summed E-state index contributed by atoms with van der Waals surface area (Å²) in [5.41, 5.74) is 3.68. The molecule has 8 nitrogen and oxygen atoms in total. The van der Waals surface area contributed by atoms with E-state index in [2.05, 4.69) is 26.0 Å². The van der Waals surface area contributed by atoms with Crippen molar-refractivity contribution in [3.8, 4) is 0 Å². The molecule has 0 saturated carbocycles. The van der Waals surface area contributed by atoms with Gasteiger partial charge in [0, 0.05) is 12.2 Å². The van der Waals surface area contributed by atoms with Crippen LogP contribution in [0.5, 0.6) is 0 Å². The standard InChI is InChI=1S/C25H33N5O3S/c1-19(2)34(32,33)27-23-10-6-9-22(15-23)20-11-13-29(14-12-20)16-24-17-30(28-26-24)25(18-31)21-7-4-3-5-8-21/h3-10,15,17,19-20,25,27,31H,11-14,16,18H2,1-2H3. The van der Waals surface area contributed by atoms with Crippen LogP contribution in [-0.4, -0.2) is 58.4 Å². The minimum atomic E-state index is -3.35. The largest absolute Gasteiger partial charge is 0.394 e. The Morgan fingerprint density at radius 3 is 2.50 bits per heavy atom. The van der Waals surface area contributed by atoms with Crippen molar-refractivity contribution in [3.05, 3.63) is 77.6 Å². The Hall–Kier alpha value is -2.75. The molecule has 1 saturated heterocycles. The fraction of sp³-hybridized carbons (Fsp3) is 0.440. The molecule has 34 heavy (non-hydrogen) atoms. The summed E-state index contributed by atoms with van der Waals surface area (Å²) in [6.45, 7) is 5.89. The summed E-state index contributed by atoms with van der Waals surface area (Å²) in [6.07, 6.45) is 3.92. The number of rotatable bonds is 9. The minimum Gasteiger partial charge on any atom is -0.394 e. The number of aliphatic hydroxyl groups excluding tert-OH is 1. The maximum absolute atomic E-state index is 12.2. The van der Waals surface area contributed by atoms with Gasteiger partial charge in [0.2, 0.25) is 10.0 Å². The number of hydrogen-bond donors (Lipinski definition) is 2. The van der Waals surface area contributed by atoms with E-state index in [1.807, 2.05) is 48.7 Å². The molecule has 1 aliphatic heterocycles. The average molecular weight is 484 g/mol. The van der Waals surface area contributed by atoms with Gasteiger partial charge < -0.3 is 5.11 Å². The van der Waals surface area contributed by atoms with Crippen molar-refractivity contribution >= 4 is 15.7 Å². The van der Waals surface area contributed by atoms with Gasteiger partial charge >= 0.3 is 0 Å². The fourth-order valence-corrected chi connectivity index (χ4v) is 5.04. The lowest BCUT2D eigenvalue weighted by Gasteiger charge is -2.31. The Balaban J connectivity index is 1.34. The number of nitrogens with zero attached hydrogens (tertiary/aromatic N) is 4. The molecule has 1 aromatic heterocycles. The summed E-state index contributed by atoms with van der Waals surface area (Å²) >= 11 is 0. The highest BCUT2D eigenvalue weighted by atomic mass is 32.2. The van der Waals surface area contributed by atoms with E-state index in [0.29, 0.717) is 18.2 Å². The second-order valence-electron chi connectivity index (χ2n) is 9.17. The third-order valence-electron chi connectivity index (χ3n) is 6.45. The van der Waals surface area contributed by atoms with Crippen molar-refractivity contribution in [1.82, 2.24) is 19.9 Å². The number of nitrogens with one attached hydrogen (secondary N) is 1. The maximum atomic E-state index is 12.2. The van der Waals surface area contributed by atoms with Gasteiger partial charge in [0.15, 0.2) is 0 Å². The number of anilines is 1. The van der Waals surface area contributed by atoms with Gasteiger partial charge in [0.1, 0.15) is 6.04 Å². The van der Waals surface area contributed by atoms with Gasteiger partial charge in [-0.2, -0.15) is 0 Å². The van der Waals surface area contributed by atoms with E-state index in [1.165, 1.54) is 5.56 Å². The third-order valence-corrected chi connectivity index (χ3v) is 8.21. The Morgan fingerprint density at radius 1 is 1.09 bits per heavy atom. The van der Waals surface area contributed by atoms with Gasteiger partial charge in [-0.1, -0.05) is 47.7 Å². The highest BCUT2D eigenvalue weighted by Gasteiger charge is 2.23. The first-order valence-corrected chi connectivity index (χ1v) is 13.3. The highest BCUT2D eigenvalue weighted by Crippen LogP contribution is 2.30. The molecule has 0 aliphatic carbocycles. The molecule has 2 heterocycles. The van der Waals surface area contributed by atoms with E-state index in [9.17, 15) is 13.5 Å². The van der Waals surface area contributed by atoms with E-state index < -0.39 is 15.3 Å². The first-order valence-electron chi connectivity index (χ1n) is 11.8. The number of aromatic nitrogens is 3. The Labute approximate surface area is 201 Å². The minimum absolute atomic E-state index is 0.0371. The Morgan fingerprint density at radius 2 is 1.82 bits per heavy atom. The van der Waals surface area contributed by atoms with E-state index in [4.69, 9.17) is 0 Å². The van der Waals surface area contributed by atoms with Crippen molar-refractivity contribution in [3.63, 3.8) is 0 Å². The van der Waals surface area contributed by atoms with Gasteiger partial charge in [0.05, 0.1) is 23.7 Å². The summed E-state index contributed by atoms with van der Waals surface area (Å²) in [6, 6.07) is 17.3. The molecule has 1 atom stereocenters. The summed E-state index contributed by atoms with van der Waals surface area (Å²) in [5.74, 6) is 0.396. The van der Waals surface area contributed by atoms with Crippen LogP contribution < -0.4 is 4.72 Å². The molecule has 0 spiro atoms. The van der Waals surface area contributed by atoms with Crippen LogP contribution in [0.3, 0.4) is 0 Å². The molecule has 4 rings (SSSR count). The summed E-state index contributed by atoms with van der Waals surface area (Å²) in [7, 11) is -3.35. The highest BCUT2D eigenvalue weighted by molar-refractivity contribution is 7.93. The van der Waals surface area contributed by atoms with Gasteiger partial charge in [-0.3, -0.25) is 9.62 Å². The fourth-order valence-electron chi connectivity index (χ4n) is 4.35. The van der Waals surface area contributed by atoms with Crippen LogP contribution in [0.4, 0.5) is 5.69 Å². The Kier molecular flexibility index (Phi) is 7.65. The second-order valence-corrected chi connectivity index (χ2v) is 11.4. The normalized spacial score (nSPS) is 16.6. The molecule has 182 valence electrons. The molecular weight excluding hydrogens is 450 g/mol. The average Bonchev–Trinajstić information content (AvgIpc) is 3.28. The van der Waals surface area contributed by atoms with Crippen LogP contribution >= 0.6 is 0 Å². The first kappa shape index (κ1) is 24.4. The SMILES string of the molecule is CC(C)S(=O)(=O)Nc1cccc(C2CCN(Cc3cn(C(CO)c4ccccc4)nn3)CC2)c1. The molecule has 0 amide bonds. The van der Waals surface area contributed by atoms with Gasteiger partial charge in [-0.25, -0.2) is 13.1 Å². The number of likely N-dealkylation sites (tertiary alicyclic amines) is 1. The van der Waals surface area contributed by atoms with Crippen LogP contribution in [0.15, 0.2) is 60.8 Å². The van der Waals surface area contributed by atoms with Crippen LogP contribution in [-0.2, 0) is 16.6 Å². The number of hydrogen-bond acceptors (Lipinski definition) is 6. The lowest BCUT2D eigenvalue weighted by molar-refractivity contribution is 0.202. The lowest BCUT2D eigenvalue weighted by atomic mass is 9.89. The maximum Gasteiger partial charge on any atom is 0.235 e. The molecule has 1 unspecified atom stereocenters. The van der Waals surface area contributed by atoms with Crippen molar-refractivity contribution in [2.75, 3.05) is 24.4 Å². The van der Waals surface area contributed by atoms with Crippen molar-refractivity contribution in [2.45, 2.75) is 50.4 Å². The summed E-state index contributed by atoms with van der Waals surface area (Å²) in [5, 5.41) is 18.0. The van der Waals surface area contributed by atoms with Gasteiger partial charge in [-0.15, -0.1) is 5.10 Å². The molecule has 2 aromatic carbocycles. The number of sulfonamides is 1. The zero-order valence-corrected chi connectivity index (χ0v) is 20.5. The van der Waals surface area contributed by atoms with E-state index in [0.717, 1.165) is 37.2 Å². The third kappa shape index (κ3) is 5.84. The Bertz CT molecular complexity index is 1170. The molecule has 2 N–H and O–H groups in total. The van der Waals surface area contributed by atoms with E-state index in [1.54, 1.807) is 24.6 Å². The second kappa shape index (κ2) is 10.7. The molecule has 1 aliphatic rings. The zero-order valence-electron chi connectivity index (χ0n) is 19.7. The van der Waals surface area contributed by atoms with Gasteiger partial charge in [0.25, 0.3) is 0 Å².